The van der Waals surface area contributed by atoms with Crippen molar-refractivity contribution in [3.05, 3.63) is 23.3 Å². The number of phenolic OH excluding ortho intramolecular Hbond substituents is 1. The SMILES string of the molecule is CCOc1cc(C(C)(C)CCCC(=O)OCCC(C)C)c(O)cc1C(C)(C)CCCC(=O)OCCC(C)C. The van der Waals surface area contributed by atoms with Gasteiger partial charge in [-0.3, -0.25) is 9.59 Å². The number of ether oxygens (including phenoxy) is 3. The van der Waals surface area contributed by atoms with Gasteiger partial charge in [0.05, 0.1) is 19.8 Å². The quantitative estimate of drug-likeness (QED) is 0.193. The van der Waals surface area contributed by atoms with Crippen LogP contribution in [0.3, 0.4) is 0 Å². The van der Waals surface area contributed by atoms with Crippen molar-refractivity contribution in [2.24, 2.45) is 11.8 Å². The lowest BCUT2D eigenvalue weighted by Crippen LogP contribution is -2.22. The predicted octanol–water partition coefficient (Wildman–Crippen LogP) is 7.87. The van der Waals surface area contributed by atoms with Gasteiger partial charge in [0, 0.05) is 24.0 Å². The molecule has 0 saturated carbocycles. The first kappa shape index (κ1) is 33.8. The second-order valence-corrected chi connectivity index (χ2v) is 12.6. The molecular weight excluding hydrogens is 480 g/mol. The van der Waals surface area contributed by atoms with Gasteiger partial charge in [-0.2, -0.15) is 0 Å². The molecule has 0 amide bonds. The van der Waals surface area contributed by atoms with Crippen molar-refractivity contribution < 1.29 is 28.9 Å². The summed E-state index contributed by atoms with van der Waals surface area (Å²) in [5.74, 6) is 1.68. The van der Waals surface area contributed by atoms with E-state index in [1.165, 1.54) is 0 Å². The van der Waals surface area contributed by atoms with Gasteiger partial charge in [0.15, 0.2) is 0 Å². The van der Waals surface area contributed by atoms with E-state index in [2.05, 4.69) is 55.4 Å². The second kappa shape index (κ2) is 16.0. The van der Waals surface area contributed by atoms with Crippen molar-refractivity contribution in [3.63, 3.8) is 0 Å². The molecule has 0 heterocycles. The van der Waals surface area contributed by atoms with Crippen molar-refractivity contribution >= 4 is 11.9 Å². The highest BCUT2D eigenvalue weighted by Gasteiger charge is 2.30. The third-order valence-corrected chi connectivity index (χ3v) is 7.14. The molecule has 0 spiro atoms. The van der Waals surface area contributed by atoms with Crippen molar-refractivity contribution in [3.8, 4) is 11.5 Å². The van der Waals surface area contributed by atoms with Crippen molar-refractivity contribution in [2.45, 2.75) is 125 Å². The number of benzene rings is 1. The molecule has 6 nitrogen and oxygen atoms in total. The Labute approximate surface area is 231 Å². The van der Waals surface area contributed by atoms with Gasteiger partial charge in [-0.15, -0.1) is 0 Å². The average molecular weight is 535 g/mol. The molecular formula is C32H54O6. The van der Waals surface area contributed by atoms with Crippen LogP contribution in [-0.2, 0) is 29.9 Å². The number of rotatable bonds is 18. The topological polar surface area (TPSA) is 82.1 Å². The molecule has 0 radical (unpaired) electrons. The van der Waals surface area contributed by atoms with Crippen LogP contribution in [0.25, 0.3) is 0 Å². The Hall–Kier alpha value is -2.24. The highest BCUT2D eigenvalue weighted by Crippen LogP contribution is 2.44. The van der Waals surface area contributed by atoms with Gasteiger partial charge in [0.25, 0.3) is 0 Å². The zero-order chi connectivity index (χ0) is 28.9. The fraction of sp³-hybridized carbons (Fsp3) is 0.750. The molecule has 0 aliphatic rings. The van der Waals surface area contributed by atoms with Gasteiger partial charge in [-0.25, -0.2) is 0 Å². The van der Waals surface area contributed by atoms with Crippen LogP contribution in [0.1, 0.15) is 125 Å². The molecule has 0 atom stereocenters. The van der Waals surface area contributed by atoms with E-state index in [1.807, 2.05) is 19.1 Å². The number of carbonyl (C=O) groups excluding carboxylic acids is 2. The minimum atomic E-state index is -0.351. The van der Waals surface area contributed by atoms with Crippen molar-refractivity contribution in [1.82, 2.24) is 0 Å². The zero-order valence-electron chi connectivity index (χ0n) is 25.6. The highest BCUT2D eigenvalue weighted by atomic mass is 16.5. The van der Waals surface area contributed by atoms with Crippen molar-refractivity contribution in [2.75, 3.05) is 19.8 Å². The standard InChI is InChI=1S/C32H54O6/c1-10-36-28-22-25(31(6,7)17-11-13-29(34)37-19-15-23(2)3)27(33)21-26(28)32(8,9)18-12-14-30(35)38-20-16-24(4)5/h21-24,33H,10-20H2,1-9H3. The summed E-state index contributed by atoms with van der Waals surface area (Å²) in [7, 11) is 0. The number of phenols is 1. The summed E-state index contributed by atoms with van der Waals surface area (Å²) in [5.41, 5.74) is 1.08. The summed E-state index contributed by atoms with van der Waals surface area (Å²) < 4.78 is 16.7. The first-order valence-electron chi connectivity index (χ1n) is 14.5. The Morgan fingerprint density at radius 2 is 1.24 bits per heavy atom. The van der Waals surface area contributed by atoms with Crippen molar-refractivity contribution in [1.29, 1.82) is 0 Å². The minimum Gasteiger partial charge on any atom is -0.508 e. The molecule has 218 valence electrons. The van der Waals surface area contributed by atoms with Gasteiger partial charge in [-0.1, -0.05) is 55.4 Å². The summed E-state index contributed by atoms with van der Waals surface area (Å²) in [4.78, 5) is 24.2. The van der Waals surface area contributed by atoms with Gasteiger partial charge in [0.1, 0.15) is 11.5 Å². The van der Waals surface area contributed by atoms with Crippen LogP contribution < -0.4 is 4.74 Å². The fourth-order valence-corrected chi connectivity index (χ4v) is 4.49. The van der Waals surface area contributed by atoms with Crippen LogP contribution in [0.5, 0.6) is 11.5 Å². The summed E-state index contributed by atoms with van der Waals surface area (Å²) in [6, 6.07) is 3.78. The molecule has 0 aromatic heterocycles. The maximum atomic E-state index is 12.1. The van der Waals surface area contributed by atoms with Gasteiger partial charge >= 0.3 is 11.9 Å². The Bertz CT molecular complexity index is 869. The van der Waals surface area contributed by atoms with Gasteiger partial charge < -0.3 is 19.3 Å². The molecule has 0 unspecified atom stereocenters. The Morgan fingerprint density at radius 3 is 1.66 bits per heavy atom. The van der Waals surface area contributed by atoms with E-state index in [0.29, 0.717) is 57.3 Å². The molecule has 0 bridgehead atoms. The lowest BCUT2D eigenvalue weighted by molar-refractivity contribution is -0.145. The third kappa shape index (κ3) is 12.1. The summed E-state index contributed by atoms with van der Waals surface area (Å²) in [6.07, 6.45) is 5.35. The van der Waals surface area contributed by atoms with Gasteiger partial charge in [-0.05, 0) is 80.2 Å². The van der Waals surface area contributed by atoms with E-state index < -0.39 is 0 Å². The molecule has 0 aliphatic carbocycles. The smallest absolute Gasteiger partial charge is 0.305 e. The van der Waals surface area contributed by atoms with E-state index in [-0.39, 0.29) is 28.5 Å². The molecule has 0 saturated heterocycles. The van der Waals surface area contributed by atoms with Crippen LogP contribution in [0.15, 0.2) is 12.1 Å². The normalized spacial score (nSPS) is 12.2. The first-order chi connectivity index (χ1) is 17.7. The van der Waals surface area contributed by atoms with Crippen LogP contribution in [0.2, 0.25) is 0 Å². The first-order valence-corrected chi connectivity index (χ1v) is 14.5. The molecule has 1 rings (SSSR count). The summed E-state index contributed by atoms with van der Waals surface area (Å²) in [5, 5.41) is 11.1. The Kier molecular flexibility index (Phi) is 14.2. The minimum absolute atomic E-state index is 0.157. The third-order valence-electron chi connectivity index (χ3n) is 7.14. The molecule has 0 fully saturated rings. The van der Waals surface area contributed by atoms with Crippen LogP contribution >= 0.6 is 0 Å². The maximum Gasteiger partial charge on any atom is 0.305 e. The van der Waals surface area contributed by atoms with E-state index >= 15 is 0 Å². The fourth-order valence-electron chi connectivity index (χ4n) is 4.49. The monoisotopic (exact) mass is 534 g/mol. The Morgan fingerprint density at radius 1 is 0.789 bits per heavy atom. The molecule has 0 aliphatic heterocycles. The largest absolute Gasteiger partial charge is 0.508 e. The predicted molar refractivity (Wildman–Crippen MR) is 154 cm³/mol. The molecule has 6 heteroatoms. The average Bonchev–Trinajstić information content (AvgIpc) is 2.79. The highest BCUT2D eigenvalue weighted by molar-refractivity contribution is 5.69. The second-order valence-electron chi connectivity index (χ2n) is 12.6. The number of carbonyl (C=O) groups is 2. The zero-order valence-corrected chi connectivity index (χ0v) is 25.6. The summed E-state index contributed by atoms with van der Waals surface area (Å²) >= 11 is 0. The van der Waals surface area contributed by atoms with E-state index in [9.17, 15) is 14.7 Å². The molecule has 38 heavy (non-hydrogen) atoms. The number of esters is 2. The molecule has 1 aromatic rings. The van der Waals surface area contributed by atoms with Gasteiger partial charge in [0.2, 0.25) is 0 Å². The Balaban J connectivity index is 2.86. The molecule has 1 aromatic carbocycles. The van der Waals surface area contributed by atoms with Crippen LogP contribution in [0.4, 0.5) is 0 Å². The van der Waals surface area contributed by atoms with E-state index in [0.717, 1.165) is 42.6 Å². The maximum absolute atomic E-state index is 12.1. The van der Waals surface area contributed by atoms with E-state index in [1.54, 1.807) is 0 Å². The van der Waals surface area contributed by atoms with E-state index in [4.69, 9.17) is 14.2 Å². The van der Waals surface area contributed by atoms with Crippen LogP contribution in [-0.4, -0.2) is 36.9 Å². The molecule has 1 N–H and O–H groups in total. The number of hydrogen-bond acceptors (Lipinski definition) is 6. The number of hydrogen-bond donors (Lipinski definition) is 1. The summed E-state index contributed by atoms with van der Waals surface area (Å²) in [6.45, 7) is 20.2. The van der Waals surface area contributed by atoms with Crippen LogP contribution in [0, 0.1) is 11.8 Å². The number of aromatic hydroxyl groups is 1. The lowest BCUT2D eigenvalue weighted by atomic mass is 9.75. The lowest BCUT2D eigenvalue weighted by Gasteiger charge is -2.31.